The van der Waals surface area contributed by atoms with Crippen molar-refractivity contribution in [2.24, 2.45) is 0 Å². The number of fused-ring (bicyclic) bond motifs is 1. The fourth-order valence-corrected chi connectivity index (χ4v) is 5.78. The summed E-state index contributed by atoms with van der Waals surface area (Å²) in [7, 11) is 4.78. The average Bonchev–Trinajstić information content (AvgIpc) is 3.26. The van der Waals surface area contributed by atoms with Gasteiger partial charge in [-0.1, -0.05) is 12.1 Å². The quantitative estimate of drug-likeness (QED) is 0.310. The minimum absolute atomic E-state index is 0.0670. The molecule has 5 rings (SSSR count). The third-order valence-corrected chi connectivity index (χ3v) is 8.11. The summed E-state index contributed by atoms with van der Waals surface area (Å²) in [6, 6.07) is 15.6. The van der Waals surface area contributed by atoms with E-state index in [2.05, 4.69) is 10.2 Å². The van der Waals surface area contributed by atoms with E-state index in [1.165, 1.54) is 17.0 Å². The Hall–Kier alpha value is -4.83. The second kappa shape index (κ2) is 13.2. The summed E-state index contributed by atoms with van der Waals surface area (Å²) in [4.78, 5) is 28.0. The Kier molecular flexibility index (Phi) is 9.20. The van der Waals surface area contributed by atoms with Crippen LogP contribution in [0.5, 0.6) is 17.2 Å². The Morgan fingerprint density at radius 3 is 2.27 bits per heavy atom. The number of nitrogens with zero attached hydrogens (tertiary/aromatic N) is 2. The largest absolute Gasteiger partial charge is 0.497 e. The first-order chi connectivity index (χ1) is 21.2. The molecule has 44 heavy (non-hydrogen) atoms. The van der Waals surface area contributed by atoms with Crippen LogP contribution in [0.2, 0.25) is 0 Å². The van der Waals surface area contributed by atoms with E-state index in [0.29, 0.717) is 61.2 Å². The molecule has 0 aromatic heterocycles. The molecule has 9 nitrogen and oxygen atoms in total. The highest BCUT2D eigenvalue weighted by atomic mass is 19.1. The summed E-state index contributed by atoms with van der Waals surface area (Å²) in [6.07, 6.45) is 1.16. The zero-order valence-electron chi connectivity index (χ0n) is 25.3. The van der Waals surface area contributed by atoms with Crippen molar-refractivity contribution in [1.29, 1.82) is 0 Å². The number of carbonyl (C=O) groups is 2. The van der Waals surface area contributed by atoms with Gasteiger partial charge in [0, 0.05) is 44.5 Å². The van der Waals surface area contributed by atoms with Crippen LogP contribution in [0.4, 0.5) is 14.9 Å². The maximum atomic E-state index is 14.5. The van der Waals surface area contributed by atoms with Crippen molar-refractivity contribution >= 4 is 34.9 Å². The molecule has 1 fully saturated rings. The van der Waals surface area contributed by atoms with E-state index in [9.17, 15) is 19.1 Å². The molecule has 1 heterocycles. The average molecular weight is 602 g/mol. The molecule has 1 aliphatic carbocycles. The lowest BCUT2D eigenvalue weighted by molar-refractivity contribution is -0.115. The van der Waals surface area contributed by atoms with Crippen LogP contribution in [0.3, 0.4) is 0 Å². The molecule has 0 saturated carbocycles. The van der Waals surface area contributed by atoms with Crippen LogP contribution in [-0.4, -0.2) is 74.4 Å². The fourth-order valence-electron chi connectivity index (χ4n) is 5.78. The molecule has 2 aliphatic rings. The minimum Gasteiger partial charge on any atom is -0.497 e. The molecule has 1 saturated heterocycles. The maximum absolute atomic E-state index is 14.5. The molecule has 0 unspecified atom stereocenters. The summed E-state index contributed by atoms with van der Waals surface area (Å²) in [5, 5.41) is 12.2. The number of rotatable bonds is 9. The molecule has 0 atom stereocenters. The normalized spacial score (nSPS) is 15.8. The molecule has 1 aliphatic heterocycles. The fraction of sp³-hybridized carbons (Fsp3) is 0.294. The third-order valence-electron chi connectivity index (χ3n) is 8.11. The highest BCUT2D eigenvalue weighted by Gasteiger charge is 2.27. The van der Waals surface area contributed by atoms with Gasteiger partial charge in [0.2, 0.25) is 5.91 Å². The zero-order chi connectivity index (χ0) is 31.4. The molecule has 2 N–H and O–H groups in total. The SMILES string of the molecule is COc1cccc(NC(=O)CC2=C(C)/C(=C/c3cc(OC)c(CN4CCN(C(=O)O)CC4)c(OC)c3)c3ccc(F)cc32)c1. The van der Waals surface area contributed by atoms with E-state index < -0.39 is 6.09 Å². The van der Waals surface area contributed by atoms with Gasteiger partial charge < -0.3 is 29.5 Å². The van der Waals surface area contributed by atoms with E-state index in [-0.39, 0.29) is 18.1 Å². The van der Waals surface area contributed by atoms with Gasteiger partial charge in [0.15, 0.2) is 0 Å². The Morgan fingerprint density at radius 2 is 1.64 bits per heavy atom. The van der Waals surface area contributed by atoms with E-state index in [1.807, 2.05) is 25.1 Å². The first-order valence-corrected chi connectivity index (χ1v) is 14.3. The first kappa shape index (κ1) is 30.6. The number of amides is 2. The van der Waals surface area contributed by atoms with Crippen LogP contribution in [0, 0.1) is 5.82 Å². The number of carbonyl (C=O) groups excluding carboxylic acids is 1. The second-order valence-electron chi connectivity index (χ2n) is 10.8. The second-order valence-corrected chi connectivity index (χ2v) is 10.8. The molecule has 2 amide bonds. The molecule has 3 aromatic carbocycles. The van der Waals surface area contributed by atoms with Crippen molar-refractivity contribution in [3.8, 4) is 17.2 Å². The summed E-state index contributed by atoms with van der Waals surface area (Å²) in [6.45, 7) is 4.58. The number of ether oxygens (including phenoxy) is 3. The molecule has 10 heteroatoms. The Labute approximate surface area is 256 Å². The van der Waals surface area contributed by atoms with Gasteiger partial charge in [0.1, 0.15) is 23.1 Å². The van der Waals surface area contributed by atoms with Crippen LogP contribution < -0.4 is 19.5 Å². The van der Waals surface area contributed by atoms with E-state index in [0.717, 1.165) is 33.4 Å². The first-order valence-electron chi connectivity index (χ1n) is 14.3. The lowest BCUT2D eigenvalue weighted by Crippen LogP contribution is -2.47. The number of methoxy groups -OCH3 is 3. The third kappa shape index (κ3) is 6.55. The van der Waals surface area contributed by atoms with Crippen molar-refractivity contribution < 1.29 is 33.3 Å². The molecule has 0 spiro atoms. The number of benzene rings is 3. The molecule has 3 aromatic rings. The van der Waals surface area contributed by atoms with Gasteiger partial charge in [-0.3, -0.25) is 9.69 Å². The maximum Gasteiger partial charge on any atom is 0.407 e. The number of halogens is 1. The van der Waals surface area contributed by atoms with Crippen molar-refractivity contribution in [2.45, 2.75) is 19.9 Å². The van der Waals surface area contributed by atoms with E-state index in [1.54, 1.807) is 51.7 Å². The Bertz CT molecular complexity index is 1620. The number of carboxylic acid groups (broad SMARTS) is 1. The van der Waals surface area contributed by atoms with Gasteiger partial charge in [0.05, 0.1) is 33.3 Å². The zero-order valence-corrected chi connectivity index (χ0v) is 25.3. The number of hydrogen-bond acceptors (Lipinski definition) is 6. The van der Waals surface area contributed by atoms with Crippen LogP contribution >= 0.6 is 0 Å². The van der Waals surface area contributed by atoms with E-state index in [4.69, 9.17) is 14.2 Å². The predicted molar refractivity (Wildman–Crippen MR) is 168 cm³/mol. The van der Waals surface area contributed by atoms with Crippen LogP contribution in [0.25, 0.3) is 17.2 Å². The number of hydrogen-bond donors (Lipinski definition) is 2. The van der Waals surface area contributed by atoms with E-state index >= 15 is 0 Å². The number of allylic oxidation sites excluding steroid dienone is 2. The molecular formula is C34H36FN3O6. The number of anilines is 1. The summed E-state index contributed by atoms with van der Waals surface area (Å²) >= 11 is 0. The van der Waals surface area contributed by atoms with Gasteiger partial charge in [-0.15, -0.1) is 0 Å². The van der Waals surface area contributed by atoms with Crippen LogP contribution in [-0.2, 0) is 11.3 Å². The van der Waals surface area contributed by atoms with Gasteiger partial charge >= 0.3 is 6.09 Å². The number of piperazine rings is 1. The lowest BCUT2D eigenvalue weighted by atomic mass is 9.99. The van der Waals surface area contributed by atoms with Crippen molar-refractivity contribution in [3.63, 3.8) is 0 Å². The number of nitrogens with one attached hydrogen (secondary N) is 1. The summed E-state index contributed by atoms with van der Waals surface area (Å²) < 4.78 is 31.3. The highest BCUT2D eigenvalue weighted by molar-refractivity contribution is 6.10. The lowest BCUT2D eigenvalue weighted by Gasteiger charge is -2.33. The van der Waals surface area contributed by atoms with Gasteiger partial charge in [-0.05, 0) is 82.8 Å². The smallest absolute Gasteiger partial charge is 0.407 e. The van der Waals surface area contributed by atoms with Crippen molar-refractivity contribution in [2.75, 3.05) is 52.8 Å². The summed E-state index contributed by atoms with van der Waals surface area (Å²) in [5.41, 5.74) is 6.35. The van der Waals surface area contributed by atoms with Gasteiger partial charge in [0.25, 0.3) is 0 Å². The molecule has 0 radical (unpaired) electrons. The standard InChI is InChI=1S/C34H36FN3O6/c1-21-27(14-22-15-31(43-3)30(32(16-22)44-4)20-37-10-12-38(13-11-37)34(40)41)26-9-8-23(35)17-29(26)28(21)19-33(39)36-24-6-5-7-25(18-24)42-2/h5-9,14-18H,10-13,19-20H2,1-4H3,(H,36,39)(H,40,41)/b27-14-. The molecular weight excluding hydrogens is 565 g/mol. The topological polar surface area (TPSA) is 101 Å². The van der Waals surface area contributed by atoms with Crippen molar-refractivity contribution in [1.82, 2.24) is 9.80 Å². The Morgan fingerprint density at radius 1 is 0.932 bits per heavy atom. The van der Waals surface area contributed by atoms with Crippen LogP contribution in [0.15, 0.2) is 60.2 Å². The molecule has 230 valence electrons. The van der Waals surface area contributed by atoms with Gasteiger partial charge in [-0.2, -0.15) is 0 Å². The highest BCUT2D eigenvalue weighted by Crippen LogP contribution is 2.45. The summed E-state index contributed by atoms with van der Waals surface area (Å²) in [5.74, 6) is 1.33. The van der Waals surface area contributed by atoms with Gasteiger partial charge in [-0.25, -0.2) is 9.18 Å². The van der Waals surface area contributed by atoms with Crippen molar-refractivity contribution in [3.05, 3.63) is 88.2 Å². The monoisotopic (exact) mass is 601 g/mol. The van der Waals surface area contributed by atoms with Crippen LogP contribution in [0.1, 0.15) is 35.6 Å². The minimum atomic E-state index is -0.904. The Balaban J connectivity index is 1.44. The molecule has 0 bridgehead atoms. The predicted octanol–water partition coefficient (Wildman–Crippen LogP) is 6.00.